The third kappa shape index (κ3) is 4.50. The summed E-state index contributed by atoms with van der Waals surface area (Å²) in [5.74, 6) is 0. The number of hydrogen-bond donors (Lipinski definition) is 1. The first-order valence-electron chi connectivity index (χ1n) is 6.62. The van der Waals surface area contributed by atoms with Crippen LogP contribution in [0.4, 0.5) is 8.78 Å². The van der Waals surface area contributed by atoms with Crippen molar-refractivity contribution in [3.63, 3.8) is 0 Å². The summed E-state index contributed by atoms with van der Waals surface area (Å²) in [6.07, 6.45) is 1.03. The van der Waals surface area contributed by atoms with Crippen LogP contribution in [0.1, 0.15) is 23.9 Å². The smallest absolute Gasteiger partial charge is 0.257 e. The first kappa shape index (κ1) is 17.6. The fraction of sp³-hybridized carbons (Fsp3) is 0.538. The molecule has 0 aliphatic heterocycles. The standard InChI is InChI=1S/C13H19F2N5.ClH/c1-3-19-12(4-5-17-19)8-16-6-11-7-18-20(10(11)2)9-13(14)15;/h4-5,7,13,16H,3,6,8-9H2,1-2H3;1H. The van der Waals surface area contributed by atoms with E-state index in [9.17, 15) is 8.78 Å². The average molecular weight is 320 g/mol. The van der Waals surface area contributed by atoms with Gasteiger partial charge >= 0.3 is 0 Å². The van der Waals surface area contributed by atoms with Gasteiger partial charge in [0.05, 0.1) is 11.9 Å². The molecule has 0 atom stereocenters. The van der Waals surface area contributed by atoms with E-state index < -0.39 is 6.43 Å². The molecule has 0 saturated heterocycles. The van der Waals surface area contributed by atoms with Crippen LogP contribution in [0.15, 0.2) is 18.5 Å². The molecule has 0 saturated carbocycles. The summed E-state index contributed by atoms with van der Waals surface area (Å²) in [7, 11) is 0. The lowest BCUT2D eigenvalue weighted by Gasteiger charge is -2.07. The Bertz CT molecular complexity index is 553. The van der Waals surface area contributed by atoms with Gasteiger partial charge in [-0.25, -0.2) is 8.78 Å². The zero-order chi connectivity index (χ0) is 14.5. The van der Waals surface area contributed by atoms with E-state index in [0.717, 1.165) is 23.5 Å². The van der Waals surface area contributed by atoms with E-state index in [0.29, 0.717) is 13.1 Å². The van der Waals surface area contributed by atoms with Gasteiger partial charge in [-0.3, -0.25) is 9.36 Å². The van der Waals surface area contributed by atoms with Crippen molar-refractivity contribution in [1.29, 1.82) is 0 Å². The lowest BCUT2D eigenvalue weighted by molar-refractivity contribution is 0.121. The second kappa shape index (κ2) is 8.09. The molecule has 0 radical (unpaired) electrons. The van der Waals surface area contributed by atoms with E-state index in [1.54, 1.807) is 12.4 Å². The summed E-state index contributed by atoms with van der Waals surface area (Å²) < 4.78 is 28.0. The van der Waals surface area contributed by atoms with E-state index in [4.69, 9.17) is 0 Å². The molecule has 0 aliphatic rings. The number of alkyl halides is 2. The van der Waals surface area contributed by atoms with Gasteiger partial charge in [0.1, 0.15) is 6.54 Å². The topological polar surface area (TPSA) is 47.7 Å². The van der Waals surface area contributed by atoms with Crippen molar-refractivity contribution in [1.82, 2.24) is 24.9 Å². The van der Waals surface area contributed by atoms with E-state index >= 15 is 0 Å². The fourth-order valence-corrected chi connectivity index (χ4v) is 2.09. The summed E-state index contributed by atoms with van der Waals surface area (Å²) >= 11 is 0. The highest BCUT2D eigenvalue weighted by Gasteiger charge is 2.10. The molecule has 0 amide bonds. The van der Waals surface area contributed by atoms with Crippen LogP contribution in [0.5, 0.6) is 0 Å². The second-order valence-electron chi connectivity index (χ2n) is 4.57. The highest BCUT2D eigenvalue weighted by Crippen LogP contribution is 2.09. The lowest BCUT2D eigenvalue weighted by atomic mass is 10.2. The van der Waals surface area contributed by atoms with Gasteiger partial charge in [0, 0.05) is 37.1 Å². The SMILES string of the molecule is CCn1nccc1CNCc1cnn(CC(F)F)c1C.Cl. The zero-order valence-corrected chi connectivity index (χ0v) is 12.9. The Labute approximate surface area is 128 Å². The quantitative estimate of drug-likeness (QED) is 0.852. The molecule has 118 valence electrons. The van der Waals surface area contributed by atoms with Gasteiger partial charge in [0.15, 0.2) is 0 Å². The van der Waals surface area contributed by atoms with E-state index in [1.807, 2.05) is 24.6 Å². The molecule has 0 spiro atoms. The van der Waals surface area contributed by atoms with Crippen molar-refractivity contribution in [3.05, 3.63) is 35.4 Å². The van der Waals surface area contributed by atoms with Gasteiger partial charge < -0.3 is 5.32 Å². The number of rotatable bonds is 7. The third-order valence-electron chi connectivity index (χ3n) is 3.24. The summed E-state index contributed by atoms with van der Waals surface area (Å²) in [5.41, 5.74) is 2.82. The normalized spacial score (nSPS) is 10.9. The summed E-state index contributed by atoms with van der Waals surface area (Å²) in [4.78, 5) is 0. The van der Waals surface area contributed by atoms with E-state index in [2.05, 4.69) is 15.5 Å². The molecule has 1 N–H and O–H groups in total. The first-order chi connectivity index (χ1) is 9.61. The molecule has 21 heavy (non-hydrogen) atoms. The molecular formula is C13H20ClF2N5. The molecule has 2 rings (SSSR count). The zero-order valence-electron chi connectivity index (χ0n) is 12.1. The molecule has 0 unspecified atom stereocenters. The number of halogens is 3. The molecule has 2 aromatic heterocycles. The largest absolute Gasteiger partial charge is 0.307 e. The van der Waals surface area contributed by atoms with Crippen LogP contribution in [0.25, 0.3) is 0 Å². The first-order valence-corrected chi connectivity index (χ1v) is 6.62. The molecular weight excluding hydrogens is 300 g/mol. The van der Waals surface area contributed by atoms with Gasteiger partial charge in [-0.1, -0.05) is 0 Å². The van der Waals surface area contributed by atoms with Crippen LogP contribution in [0.3, 0.4) is 0 Å². The minimum absolute atomic E-state index is 0. The number of hydrogen-bond acceptors (Lipinski definition) is 3. The minimum Gasteiger partial charge on any atom is -0.307 e. The van der Waals surface area contributed by atoms with Gasteiger partial charge in [0.2, 0.25) is 0 Å². The van der Waals surface area contributed by atoms with Crippen molar-refractivity contribution in [3.8, 4) is 0 Å². The Hall–Kier alpha value is -1.47. The molecule has 8 heteroatoms. The Morgan fingerprint density at radius 2 is 2.00 bits per heavy atom. The average Bonchev–Trinajstić information content (AvgIpc) is 2.99. The van der Waals surface area contributed by atoms with Gasteiger partial charge in [-0.15, -0.1) is 12.4 Å². The Kier molecular flexibility index (Phi) is 6.77. The predicted octanol–water partition coefficient (Wildman–Crippen LogP) is 2.38. The third-order valence-corrected chi connectivity index (χ3v) is 3.24. The molecule has 2 aromatic rings. The number of aromatic nitrogens is 4. The summed E-state index contributed by atoms with van der Waals surface area (Å²) in [5, 5.41) is 11.5. The predicted molar refractivity (Wildman–Crippen MR) is 78.7 cm³/mol. The highest BCUT2D eigenvalue weighted by atomic mass is 35.5. The van der Waals surface area contributed by atoms with Crippen LogP contribution in [0.2, 0.25) is 0 Å². The maximum absolute atomic E-state index is 12.3. The van der Waals surface area contributed by atoms with Crippen molar-refractivity contribution in [2.75, 3.05) is 0 Å². The Morgan fingerprint density at radius 3 is 2.67 bits per heavy atom. The molecule has 0 aliphatic carbocycles. The van der Waals surface area contributed by atoms with E-state index in [1.165, 1.54) is 4.68 Å². The van der Waals surface area contributed by atoms with Crippen molar-refractivity contribution < 1.29 is 8.78 Å². The maximum atomic E-state index is 12.3. The van der Waals surface area contributed by atoms with E-state index in [-0.39, 0.29) is 19.0 Å². The van der Waals surface area contributed by atoms with Crippen LogP contribution >= 0.6 is 12.4 Å². The summed E-state index contributed by atoms with van der Waals surface area (Å²) in [6.45, 7) is 5.61. The number of nitrogens with one attached hydrogen (secondary N) is 1. The van der Waals surface area contributed by atoms with Crippen molar-refractivity contribution in [2.45, 2.75) is 46.5 Å². The highest BCUT2D eigenvalue weighted by molar-refractivity contribution is 5.85. The maximum Gasteiger partial charge on any atom is 0.257 e. The lowest BCUT2D eigenvalue weighted by Crippen LogP contribution is -2.17. The second-order valence-corrected chi connectivity index (χ2v) is 4.57. The van der Waals surface area contributed by atoms with Gasteiger partial charge in [0.25, 0.3) is 6.43 Å². The Balaban J connectivity index is 0.00000220. The molecule has 0 fully saturated rings. The van der Waals surface area contributed by atoms with Crippen LogP contribution in [0, 0.1) is 6.92 Å². The Morgan fingerprint density at radius 1 is 1.24 bits per heavy atom. The van der Waals surface area contributed by atoms with Crippen LogP contribution in [-0.4, -0.2) is 26.0 Å². The van der Waals surface area contributed by atoms with Crippen molar-refractivity contribution >= 4 is 12.4 Å². The molecule has 0 aromatic carbocycles. The summed E-state index contributed by atoms with van der Waals surface area (Å²) in [6, 6.07) is 1.96. The molecule has 5 nitrogen and oxygen atoms in total. The number of aryl methyl sites for hydroxylation is 1. The monoisotopic (exact) mass is 319 g/mol. The minimum atomic E-state index is -2.38. The number of nitrogens with zero attached hydrogens (tertiary/aromatic N) is 4. The van der Waals surface area contributed by atoms with Crippen molar-refractivity contribution in [2.24, 2.45) is 0 Å². The fourth-order valence-electron chi connectivity index (χ4n) is 2.09. The van der Waals surface area contributed by atoms with Gasteiger partial charge in [-0.2, -0.15) is 10.2 Å². The molecule has 2 heterocycles. The van der Waals surface area contributed by atoms with Crippen LogP contribution in [-0.2, 0) is 26.2 Å². The van der Waals surface area contributed by atoms with Gasteiger partial charge in [-0.05, 0) is 19.9 Å². The van der Waals surface area contributed by atoms with Crippen LogP contribution < -0.4 is 5.32 Å². The molecule has 0 bridgehead atoms.